The molecule has 4 aromatic rings. The monoisotopic (exact) mass is 478 g/mol. The SMILES string of the molecule is Cc1cn(-c2cc(NC(=O)c3ccc4c(c3)CN(Cc3cncnc3)C4)cc(C(F)(F)F)c2)cn1. The minimum atomic E-state index is -4.56. The van der Waals surface area contributed by atoms with E-state index in [4.69, 9.17) is 0 Å². The summed E-state index contributed by atoms with van der Waals surface area (Å²) in [6.07, 6.45) is 3.51. The number of imidazole rings is 1. The third kappa shape index (κ3) is 5.07. The van der Waals surface area contributed by atoms with Crippen molar-refractivity contribution < 1.29 is 18.0 Å². The fraction of sp³-hybridized carbons (Fsp3) is 0.200. The Morgan fingerprint density at radius 3 is 2.54 bits per heavy atom. The molecule has 35 heavy (non-hydrogen) atoms. The van der Waals surface area contributed by atoms with E-state index in [1.165, 1.54) is 23.3 Å². The van der Waals surface area contributed by atoms with E-state index in [9.17, 15) is 18.0 Å². The first-order valence-electron chi connectivity index (χ1n) is 10.9. The van der Waals surface area contributed by atoms with Crippen LogP contribution in [0.5, 0.6) is 0 Å². The summed E-state index contributed by atoms with van der Waals surface area (Å²) in [5, 5.41) is 2.63. The largest absolute Gasteiger partial charge is 0.416 e. The standard InChI is InChI=1S/C25H21F3N6O/c1-16-10-34(15-31-16)23-6-21(25(26,27)28)5-22(7-23)32-24(35)18-2-3-19-12-33(13-20(19)4-18)11-17-8-29-14-30-9-17/h2-10,14-15H,11-13H2,1H3,(H,32,35). The summed E-state index contributed by atoms with van der Waals surface area (Å²) >= 11 is 0. The van der Waals surface area contributed by atoms with Gasteiger partial charge in [0.1, 0.15) is 6.33 Å². The number of nitrogens with one attached hydrogen (secondary N) is 1. The highest BCUT2D eigenvalue weighted by Gasteiger charge is 2.31. The van der Waals surface area contributed by atoms with Crippen molar-refractivity contribution in [2.45, 2.75) is 32.7 Å². The van der Waals surface area contributed by atoms with E-state index in [0.717, 1.165) is 35.4 Å². The van der Waals surface area contributed by atoms with Gasteiger partial charge in [-0.2, -0.15) is 13.2 Å². The summed E-state index contributed by atoms with van der Waals surface area (Å²) in [7, 11) is 0. The van der Waals surface area contributed by atoms with Gasteiger partial charge >= 0.3 is 6.18 Å². The Labute approximate surface area is 199 Å². The van der Waals surface area contributed by atoms with Gasteiger partial charge in [0.25, 0.3) is 5.91 Å². The molecule has 0 spiro atoms. The normalized spacial score (nSPS) is 13.6. The van der Waals surface area contributed by atoms with E-state index in [1.807, 2.05) is 6.07 Å². The van der Waals surface area contributed by atoms with Gasteiger partial charge in [0.15, 0.2) is 0 Å². The van der Waals surface area contributed by atoms with Gasteiger partial charge in [0, 0.05) is 60.7 Å². The van der Waals surface area contributed by atoms with Crippen LogP contribution in [-0.2, 0) is 25.8 Å². The second kappa shape index (κ2) is 8.95. The maximum atomic E-state index is 13.5. The number of alkyl halides is 3. The van der Waals surface area contributed by atoms with E-state index in [0.29, 0.717) is 24.3 Å². The zero-order chi connectivity index (χ0) is 24.6. The molecule has 0 saturated heterocycles. The predicted octanol–water partition coefficient (Wildman–Crippen LogP) is 4.76. The van der Waals surface area contributed by atoms with Crippen molar-refractivity contribution in [2.75, 3.05) is 5.32 Å². The average Bonchev–Trinajstić information content (AvgIpc) is 3.44. The lowest BCUT2D eigenvalue weighted by molar-refractivity contribution is -0.137. The molecule has 7 nitrogen and oxygen atoms in total. The maximum Gasteiger partial charge on any atom is 0.416 e. The molecule has 178 valence electrons. The van der Waals surface area contributed by atoms with Gasteiger partial charge in [-0.05, 0) is 48.4 Å². The number of nitrogens with zero attached hydrogens (tertiary/aromatic N) is 5. The molecule has 0 radical (unpaired) electrons. The average molecular weight is 478 g/mol. The number of hydrogen-bond acceptors (Lipinski definition) is 5. The second-order valence-electron chi connectivity index (χ2n) is 8.52. The van der Waals surface area contributed by atoms with Crippen LogP contribution >= 0.6 is 0 Å². The molecule has 1 N–H and O–H groups in total. The molecule has 0 aliphatic carbocycles. The lowest BCUT2D eigenvalue weighted by atomic mass is 10.1. The van der Waals surface area contributed by atoms with Crippen molar-refractivity contribution in [3.63, 3.8) is 0 Å². The Kier molecular flexibility index (Phi) is 5.81. The van der Waals surface area contributed by atoms with E-state index >= 15 is 0 Å². The maximum absolute atomic E-state index is 13.5. The van der Waals surface area contributed by atoms with Gasteiger partial charge in [-0.25, -0.2) is 15.0 Å². The summed E-state index contributed by atoms with van der Waals surface area (Å²) in [5.74, 6) is -0.477. The fourth-order valence-corrected chi connectivity index (χ4v) is 4.15. The van der Waals surface area contributed by atoms with Crippen LogP contribution in [0.25, 0.3) is 5.69 Å². The Balaban J connectivity index is 1.35. The number of anilines is 1. The van der Waals surface area contributed by atoms with Crippen molar-refractivity contribution in [1.82, 2.24) is 24.4 Å². The van der Waals surface area contributed by atoms with Crippen LogP contribution in [0.15, 0.2) is 67.6 Å². The van der Waals surface area contributed by atoms with Crippen molar-refractivity contribution >= 4 is 11.6 Å². The first-order valence-corrected chi connectivity index (χ1v) is 10.9. The lowest BCUT2D eigenvalue weighted by Crippen LogP contribution is -2.16. The topological polar surface area (TPSA) is 75.9 Å². The zero-order valence-corrected chi connectivity index (χ0v) is 18.8. The number of halogens is 3. The molecule has 0 saturated carbocycles. The Morgan fingerprint density at radius 2 is 1.83 bits per heavy atom. The fourth-order valence-electron chi connectivity index (χ4n) is 4.15. The van der Waals surface area contributed by atoms with Crippen LogP contribution in [0.1, 0.15) is 38.3 Å². The third-order valence-electron chi connectivity index (χ3n) is 5.79. The third-order valence-corrected chi connectivity index (χ3v) is 5.79. The number of carbonyl (C=O) groups excluding carboxylic acids is 1. The highest BCUT2D eigenvalue weighted by Crippen LogP contribution is 2.33. The molecule has 10 heteroatoms. The summed E-state index contributed by atoms with van der Waals surface area (Å²) in [5.41, 5.74) is 3.61. The number of fused-ring (bicyclic) bond motifs is 1. The van der Waals surface area contributed by atoms with E-state index in [-0.39, 0.29) is 11.4 Å². The summed E-state index contributed by atoms with van der Waals surface area (Å²) in [4.78, 5) is 27.3. The quantitative estimate of drug-likeness (QED) is 0.448. The van der Waals surface area contributed by atoms with Crippen LogP contribution in [-0.4, -0.2) is 30.3 Å². The lowest BCUT2D eigenvalue weighted by Gasteiger charge is -2.14. The number of hydrogen-bond donors (Lipinski definition) is 1. The van der Waals surface area contributed by atoms with Gasteiger partial charge in [-0.3, -0.25) is 9.69 Å². The molecule has 2 aromatic heterocycles. The van der Waals surface area contributed by atoms with Crippen LogP contribution in [0.4, 0.5) is 18.9 Å². The smallest absolute Gasteiger partial charge is 0.322 e. The van der Waals surface area contributed by atoms with Gasteiger partial charge in [0.2, 0.25) is 0 Å². The molecule has 0 unspecified atom stereocenters. The van der Waals surface area contributed by atoms with Crippen LogP contribution in [0.2, 0.25) is 0 Å². The molecule has 5 rings (SSSR count). The van der Waals surface area contributed by atoms with Gasteiger partial charge in [-0.15, -0.1) is 0 Å². The zero-order valence-electron chi connectivity index (χ0n) is 18.8. The molecule has 0 bridgehead atoms. The highest BCUT2D eigenvalue weighted by atomic mass is 19.4. The molecular formula is C25H21F3N6O. The molecule has 3 heterocycles. The van der Waals surface area contributed by atoms with Crippen molar-refractivity contribution in [3.05, 3.63) is 101 Å². The number of rotatable bonds is 5. The van der Waals surface area contributed by atoms with Gasteiger partial charge in [0.05, 0.1) is 17.6 Å². The van der Waals surface area contributed by atoms with Crippen molar-refractivity contribution in [2.24, 2.45) is 0 Å². The first-order chi connectivity index (χ1) is 16.7. The summed E-state index contributed by atoms with van der Waals surface area (Å²) in [6.45, 7) is 3.81. The number of amides is 1. The van der Waals surface area contributed by atoms with Crippen LogP contribution in [0, 0.1) is 6.92 Å². The van der Waals surface area contributed by atoms with E-state index in [2.05, 4.69) is 25.2 Å². The van der Waals surface area contributed by atoms with E-state index < -0.39 is 17.6 Å². The van der Waals surface area contributed by atoms with Crippen LogP contribution < -0.4 is 5.32 Å². The number of aromatic nitrogens is 4. The highest BCUT2D eigenvalue weighted by molar-refractivity contribution is 6.04. The summed E-state index contributed by atoms with van der Waals surface area (Å²) in [6, 6.07) is 8.82. The molecule has 1 aliphatic heterocycles. The van der Waals surface area contributed by atoms with Gasteiger partial charge in [-0.1, -0.05) is 6.07 Å². The molecule has 0 atom stereocenters. The number of aryl methyl sites for hydroxylation is 1. The minimum absolute atomic E-state index is 0.0531. The van der Waals surface area contributed by atoms with Gasteiger partial charge < -0.3 is 9.88 Å². The number of benzene rings is 2. The molecule has 2 aromatic carbocycles. The Bertz CT molecular complexity index is 1380. The first kappa shape index (κ1) is 22.7. The molecule has 1 aliphatic rings. The second-order valence-corrected chi connectivity index (χ2v) is 8.52. The summed E-state index contributed by atoms with van der Waals surface area (Å²) < 4.78 is 42.1. The Morgan fingerprint density at radius 1 is 1.06 bits per heavy atom. The predicted molar refractivity (Wildman–Crippen MR) is 123 cm³/mol. The van der Waals surface area contributed by atoms with E-state index in [1.54, 1.807) is 37.6 Å². The molecule has 0 fully saturated rings. The van der Waals surface area contributed by atoms with Crippen molar-refractivity contribution in [3.8, 4) is 5.69 Å². The van der Waals surface area contributed by atoms with Crippen LogP contribution in [0.3, 0.4) is 0 Å². The van der Waals surface area contributed by atoms with Crippen molar-refractivity contribution in [1.29, 1.82) is 0 Å². The minimum Gasteiger partial charge on any atom is -0.322 e. The number of carbonyl (C=O) groups is 1. The Hall–Kier alpha value is -4.05. The molecular weight excluding hydrogens is 457 g/mol. The molecule has 1 amide bonds.